The zero-order chi connectivity index (χ0) is 14.5. The molecule has 0 radical (unpaired) electrons. The van der Waals surface area contributed by atoms with Gasteiger partial charge in [-0.2, -0.15) is 5.26 Å². The molecule has 106 valence electrons. The van der Waals surface area contributed by atoms with Crippen LogP contribution in [0.15, 0.2) is 24.3 Å². The van der Waals surface area contributed by atoms with Crippen LogP contribution in [0.25, 0.3) is 0 Å². The molecule has 1 heterocycles. The van der Waals surface area contributed by atoms with E-state index in [1.165, 1.54) is 0 Å². The summed E-state index contributed by atoms with van der Waals surface area (Å²) in [6.45, 7) is 0.632. The molecule has 5 heteroatoms. The third-order valence-corrected chi connectivity index (χ3v) is 3.62. The first-order chi connectivity index (χ1) is 9.65. The first kappa shape index (κ1) is 14.4. The van der Waals surface area contributed by atoms with Crippen LogP contribution in [0.4, 0.5) is 0 Å². The molecular weight excluding hydrogens is 254 g/mol. The van der Waals surface area contributed by atoms with Gasteiger partial charge in [0.25, 0.3) is 0 Å². The van der Waals surface area contributed by atoms with E-state index in [-0.39, 0.29) is 11.9 Å². The first-order valence-corrected chi connectivity index (χ1v) is 6.74. The van der Waals surface area contributed by atoms with Crippen molar-refractivity contribution in [2.75, 3.05) is 13.7 Å². The minimum absolute atomic E-state index is 0.134. The van der Waals surface area contributed by atoms with E-state index in [2.05, 4.69) is 6.07 Å². The molecule has 1 saturated heterocycles. The summed E-state index contributed by atoms with van der Waals surface area (Å²) in [5.74, 6) is 0.641. The number of hydrogen-bond donors (Lipinski definition) is 1. The van der Waals surface area contributed by atoms with Crippen LogP contribution >= 0.6 is 0 Å². The Morgan fingerprint density at radius 1 is 1.55 bits per heavy atom. The predicted molar refractivity (Wildman–Crippen MR) is 75.0 cm³/mol. The van der Waals surface area contributed by atoms with E-state index in [4.69, 9.17) is 15.7 Å². The standard InChI is InChI=1S/C15H19N3O2/c1-20-13-6-4-11(5-7-13)9-14(17)15(19)18-8-2-3-12(18)10-16/h4-7,12,14H,2-3,8-9,17H2,1H3/t12-,14-/m0/s1. The molecule has 0 spiro atoms. The zero-order valence-corrected chi connectivity index (χ0v) is 11.6. The maximum absolute atomic E-state index is 12.3. The lowest BCUT2D eigenvalue weighted by Gasteiger charge is -2.23. The molecule has 0 bridgehead atoms. The molecule has 1 aliphatic heterocycles. The van der Waals surface area contributed by atoms with Crippen LogP contribution in [0, 0.1) is 11.3 Å². The second-order valence-corrected chi connectivity index (χ2v) is 4.98. The number of nitrogens with two attached hydrogens (primary N) is 1. The summed E-state index contributed by atoms with van der Waals surface area (Å²) in [5.41, 5.74) is 6.97. The molecule has 20 heavy (non-hydrogen) atoms. The van der Waals surface area contributed by atoms with Gasteiger partial charge in [0.15, 0.2) is 0 Å². The third kappa shape index (κ3) is 3.09. The van der Waals surface area contributed by atoms with Crippen LogP contribution in [-0.4, -0.2) is 36.5 Å². The summed E-state index contributed by atoms with van der Waals surface area (Å²) in [7, 11) is 1.61. The van der Waals surface area contributed by atoms with Gasteiger partial charge in [0.1, 0.15) is 11.8 Å². The number of nitrogens with zero attached hydrogens (tertiary/aromatic N) is 2. The highest BCUT2D eigenvalue weighted by Gasteiger charge is 2.31. The van der Waals surface area contributed by atoms with Crippen molar-refractivity contribution >= 4 is 5.91 Å². The summed E-state index contributed by atoms with van der Waals surface area (Å²) < 4.78 is 5.09. The number of methoxy groups -OCH3 is 1. The van der Waals surface area contributed by atoms with Gasteiger partial charge in [-0.15, -0.1) is 0 Å². The highest BCUT2D eigenvalue weighted by Crippen LogP contribution is 2.18. The molecule has 2 N–H and O–H groups in total. The Hall–Kier alpha value is -2.06. The monoisotopic (exact) mass is 273 g/mol. The Labute approximate surface area is 118 Å². The van der Waals surface area contributed by atoms with Crippen LogP contribution < -0.4 is 10.5 Å². The average molecular weight is 273 g/mol. The largest absolute Gasteiger partial charge is 0.497 e. The van der Waals surface area contributed by atoms with E-state index >= 15 is 0 Å². The van der Waals surface area contributed by atoms with Gasteiger partial charge in [-0.3, -0.25) is 4.79 Å². The number of nitriles is 1. The van der Waals surface area contributed by atoms with Gasteiger partial charge in [-0.25, -0.2) is 0 Å². The molecule has 0 aliphatic carbocycles. The fourth-order valence-corrected chi connectivity index (χ4v) is 2.48. The molecule has 1 aromatic rings. The third-order valence-electron chi connectivity index (χ3n) is 3.62. The normalized spacial score (nSPS) is 19.4. The van der Waals surface area contributed by atoms with Crippen LogP contribution in [0.1, 0.15) is 18.4 Å². The summed E-state index contributed by atoms with van der Waals surface area (Å²) in [5, 5.41) is 9.02. The van der Waals surface area contributed by atoms with Crippen LogP contribution in [-0.2, 0) is 11.2 Å². The molecule has 0 saturated carbocycles. The lowest BCUT2D eigenvalue weighted by molar-refractivity contribution is -0.132. The number of hydrogen-bond acceptors (Lipinski definition) is 4. The maximum Gasteiger partial charge on any atom is 0.240 e. The minimum atomic E-state index is -0.600. The topological polar surface area (TPSA) is 79.3 Å². The van der Waals surface area contributed by atoms with E-state index in [0.717, 1.165) is 24.2 Å². The maximum atomic E-state index is 12.3. The van der Waals surface area contributed by atoms with Crippen molar-refractivity contribution in [3.05, 3.63) is 29.8 Å². The number of ether oxygens (including phenoxy) is 1. The Balaban J connectivity index is 1.98. The smallest absolute Gasteiger partial charge is 0.240 e. The van der Waals surface area contributed by atoms with E-state index in [0.29, 0.717) is 13.0 Å². The molecular formula is C15H19N3O2. The van der Waals surface area contributed by atoms with Gasteiger partial charge >= 0.3 is 0 Å². The Bertz CT molecular complexity index is 507. The van der Waals surface area contributed by atoms with Crippen molar-refractivity contribution in [3.63, 3.8) is 0 Å². The molecule has 1 aliphatic rings. The summed E-state index contributed by atoms with van der Waals surface area (Å²) in [6.07, 6.45) is 2.09. The molecule has 1 amide bonds. The Morgan fingerprint density at radius 2 is 2.25 bits per heavy atom. The molecule has 2 rings (SSSR count). The number of carbonyl (C=O) groups excluding carboxylic acids is 1. The van der Waals surface area contributed by atoms with Gasteiger partial charge in [0.2, 0.25) is 5.91 Å². The van der Waals surface area contributed by atoms with Crippen molar-refractivity contribution in [3.8, 4) is 11.8 Å². The second kappa shape index (κ2) is 6.40. The van der Waals surface area contributed by atoms with Crippen molar-refractivity contribution < 1.29 is 9.53 Å². The fraction of sp³-hybridized carbons (Fsp3) is 0.467. The van der Waals surface area contributed by atoms with Crippen molar-refractivity contribution in [2.45, 2.75) is 31.3 Å². The Morgan fingerprint density at radius 3 is 2.85 bits per heavy atom. The number of rotatable bonds is 4. The summed E-state index contributed by atoms with van der Waals surface area (Å²) in [4.78, 5) is 13.9. The number of amides is 1. The highest BCUT2D eigenvalue weighted by atomic mass is 16.5. The number of benzene rings is 1. The van der Waals surface area contributed by atoms with Crippen LogP contribution in [0.3, 0.4) is 0 Å². The summed E-state index contributed by atoms with van der Waals surface area (Å²) in [6, 6.07) is 8.74. The molecule has 0 unspecified atom stereocenters. The highest BCUT2D eigenvalue weighted by molar-refractivity contribution is 5.82. The van der Waals surface area contributed by atoms with E-state index in [9.17, 15) is 4.79 Å². The molecule has 5 nitrogen and oxygen atoms in total. The van der Waals surface area contributed by atoms with Crippen molar-refractivity contribution in [2.24, 2.45) is 5.73 Å². The molecule has 1 aromatic carbocycles. The quantitative estimate of drug-likeness (QED) is 0.890. The van der Waals surface area contributed by atoms with Gasteiger partial charge in [0, 0.05) is 6.54 Å². The molecule has 2 atom stereocenters. The average Bonchev–Trinajstić information content (AvgIpc) is 2.95. The van der Waals surface area contributed by atoms with Crippen LogP contribution in [0.5, 0.6) is 5.75 Å². The van der Waals surface area contributed by atoms with Crippen molar-refractivity contribution in [1.82, 2.24) is 4.90 Å². The summed E-state index contributed by atoms with van der Waals surface area (Å²) >= 11 is 0. The lowest BCUT2D eigenvalue weighted by Crippen LogP contribution is -2.46. The van der Waals surface area contributed by atoms with Gasteiger partial charge < -0.3 is 15.4 Å². The Kier molecular flexibility index (Phi) is 4.59. The zero-order valence-electron chi connectivity index (χ0n) is 11.6. The van der Waals surface area contributed by atoms with Crippen molar-refractivity contribution in [1.29, 1.82) is 5.26 Å². The van der Waals surface area contributed by atoms with Gasteiger partial charge in [0.05, 0.1) is 19.2 Å². The first-order valence-electron chi connectivity index (χ1n) is 6.74. The van der Waals surface area contributed by atoms with E-state index in [1.54, 1.807) is 12.0 Å². The minimum Gasteiger partial charge on any atom is -0.497 e. The number of carbonyl (C=O) groups is 1. The lowest BCUT2D eigenvalue weighted by atomic mass is 10.1. The number of likely N-dealkylation sites (tertiary alicyclic amines) is 1. The van der Waals surface area contributed by atoms with E-state index in [1.807, 2.05) is 24.3 Å². The predicted octanol–water partition coefficient (Wildman–Crippen LogP) is 1.08. The molecule has 0 aromatic heterocycles. The van der Waals surface area contributed by atoms with Gasteiger partial charge in [-0.1, -0.05) is 12.1 Å². The molecule has 1 fully saturated rings. The van der Waals surface area contributed by atoms with Gasteiger partial charge in [-0.05, 0) is 37.0 Å². The fourth-order valence-electron chi connectivity index (χ4n) is 2.48. The SMILES string of the molecule is COc1ccc(C[C@H](N)C(=O)N2CCC[C@H]2C#N)cc1. The van der Waals surface area contributed by atoms with Crippen LogP contribution in [0.2, 0.25) is 0 Å². The van der Waals surface area contributed by atoms with E-state index < -0.39 is 6.04 Å². The second-order valence-electron chi connectivity index (χ2n) is 4.98.